The van der Waals surface area contributed by atoms with Crippen LogP contribution in [0, 0.1) is 5.92 Å². The number of ether oxygens (including phenoxy) is 1. The van der Waals surface area contributed by atoms with Gasteiger partial charge in [-0.15, -0.1) is 0 Å². The molecule has 78 valence electrons. The van der Waals surface area contributed by atoms with Crippen molar-refractivity contribution in [3.63, 3.8) is 0 Å². The molecule has 2 unspecified atom stereocenters. The Morgan fingerprint density at radius 2 is 2.00 bits per heavy atom. The van der Waals surface area contributed by atoms with E-state index in [1.807, 2.05) is 0 Å². The van der Waals surface area contributed by atoms with Crippen molar-refractivity contribution in [3.8, 4) is 0 Å². The molecule has 5 nitrogen and oxygen atoms in total. The summed E-state index contributed by atoms with van der Waals surface area (Å²) in [5, 5.41) is 25.8. The van der Waals surface area contributed by atoms with Crippen LogP contribution in [0.25, 0.3) is 0 Å². The third-order valence-electron chi connectivity index (χ3n) is 1.47. The van der Waals surface area contributed by atoms with E-state index in [4.69, 9.17) is 15.3 Å². The molecule has 0 aliphatic rings. The number of carbonyl (C=O) groups excluding carboxylic acids is 1. The Hall–Kier alpha value is -0.650. The number of carbonyl (C=O) groups is 1. The lowest BCUT2D eigenvalue weighted by molar-refractivity contribution is -0.148. The molecule has 0 radical (unpaired) electrons. The lowest BCUT2D eigenvalue weighted by Gasteiger charge is -2.10. The number of hydrogen-bond acceptors (Lipinski definition) is 5. The van der Waals surface area contributed by atoms with Crippen molar-refractivity contribution in [1.29, 1.82) is 0 Å². The van der Waals surface area contributed by atoms with Crippen molar-refractivity contribution >= 4 is 5.97 Å². The molecule has 0 heterocycles. The molecule has 0 aliphatic carbocycles. The average molecular weight is 192 g/mol. The maximum atomic E-state index is 10.9. The van der Waals surface area contributed by atoms with Gasteiger partial charge in [-0.25, -0.2) is 0 Å². The molecule has 2 atom stereocenters. The minimum absolute atomic E-state index is 0.0718. The van der Waals surface area contributed by atoms with Gasteiger partial charge >= 0.3 is 5.97 Å². The molecule has 0 saturated heterocycles. The van der Waals surface area contributed by atoms with Gasteiger partial charge in [-0.2, -0.15) is 0 Å². The lowest BCUT2D eigenvalue weighted by atomic mass is 10.1. The fraction of sp³-hybridized carbons (Fsp3) is 0.875. The molecule has 0 fully saturated rings. The van der Waals surface area contributed by atoms with Crippen molar-refractivity contribution in [2.45, 2.75) is 19.4 Å². The molecule has 0 aromatic carbocycles. The van der Waals surface area contributed by atoms with Gasteiger partial charge in [-0.1, -0.05) is 6.92 Å². The lowest BCUT2D eigenvalue weighted by Crippen LogP contribution is -2.23. The van der Waals surface area contributed by atoms with E-state index < -0.39 is 18.7 Å². The van der Waals surface area contributed by atoms with Crippen molar-refractivity contribution in [2.24, 2.45) is 5.92 Å². The highest BCUT2D eigenvalue weighted by molar-refractivity contribution is 5.69. The summed E-state index contributed by atoms with van der Waals surface area (Å²) in [5.74, 6) is -0.618. The molecule has 0 aliphatic heterocycles. The predicted molar refractivity (Wildman–Crippen MR) is 44.9 cm³/mol. The number of aliphatic hydroxyl groups is 3. The van der Waals surface area contributed by atoms with Crippen LogP contribution in [0.2, 0.25) is 0 Å². The van der Waals surface area contributed by atoms with Gasteiger partial charge in [0.25, 0.3) is 0 Å². The fourth-order valence-corrected chi connectivity index (χ4v) is 0.650. The highest BCUT2D eigenvalue weighted by atomic mass is 16.5. The van der Waals surface area contributed by atoms with E-state index in [0.717, 1.165) is 0 Å². The molecule has 0 spiro atoms. The van der Waals surface area contributed by atoms with Crippen molar-refractivity contribution in [3.05, 3.63) is 0 Å². The summed E-state index contributed by atoms with van der Waals surface area (Å²) in [6, 6.07) is 0. The molecule has 13 heavy (non-hydrogen) atoms. The monoisotopic (exact) mass is 192 g/mol. The highest BCUT2D eigenvalue weighted by Crippen LogP contribution is 2.01. The zero-order valence-electron chi connectivity index (χ0n) is 7.64. The fourth-order valence-electron chi connectivity index (χ4n) is 0.650. The first-order chi connectivity index (χ1) is 6.10. The predicted octanol–water partition coefficient (Wildman–Crippen LogP) is -1.10. The summed E-state index contributed by atoms with van der Waals surface area (Å²) in [6.07, 6.45) is -0.900. The van der Waals surface area contributed by atoms with Gasteiger partial charge in [0.1, 0.15) is 12.7 Å². The normalized spacial score (nSPS) is 15.1. The van der Waals surface area contributed by atoms with Gasteiger partial charge in [-0.05, 0) is 5.92 Å². The van der Waals surface area contributed by atoms with Crippen LogP contribution in [0.5, 0.6) is 0 Å². The Bertz CT molecular complexity index is 147. The van der Waals surface area contributed by atoms with Gasteiger partial charge in [-0.3, -0.25) is 4.79 Å². The summed E-state index contributed by atoms with van der Waals surface area (Å²) in [5.41, 5.74) is 0. The second-order valence-corrected chi connectivity index (χ2v) is 3.01. The first-order valence-corrected chi connectivity index (χ1v) is 4.15. The molecule has 0 rings (SSSR count). The number of hydrogen-bond donors (Lipinski definition) is 3. The Kier molecular flexibility index (Phi) is 6.48. The molecule has 0 bridgehead atoms. The smallest absolute Gasteiger partial charge is 0.306 e. The van der Waals surface area contributed by atoms with Crippen molar-refractivity contribution in [2.75, 3.05) is 19.8 Å². The van der Waals surface area contributed by atoms with Crippen LogP contribution in [0.3, 0.4) is 0 Å². The van der Waals surface area contributed by atoms with E-state index in [1.165, 1.54) is 0 Å². The second kappa shape index (κ2) is 6.82. The van der Waals surface area contributed by atoms with Crippen LogP contribution in [0.1, 0.15) is 13.3 Å². The van der Waals surface area contributed by atoms with E-state index in [-0.39, 0.29) is 25.6 Å². The second-order valence-electron chi connectivity index (χ2n) is 3.01. The van der Waals surface area contributed by atoms with E-state index in [2.05, 4.69) is 4.74 Å². The van der Waals surface area contributed by atoms with Gasteiger partial charge in [0.15, 0.2) is 0 Å². The molecule has 3 N–H and O–H groups in total. The van der Waals surface area contributed by atoms with E-state index in [0.29, 0.717) is 0 Å². The minimum Gasteiger partial charge on any atom is -0.463 e. The topological polar surface area (TPSA) is 87.0 Å². The zero-order valence-corrected chi connectivity index (χ0v) is 7.64. The van der Waals surface area contributed by atoms with E-state index >= 15 is 0 Å². The Labute approximate surface area is 77.0 Å². The maximum Gasteiger partial charge on any atom is 0.306 e. The van der Waals surface area contributed by atoms with Crippen LogP contribution in [-0.4, -0.2) is 47.2 Å². The Balaban J connectivity index is 3.51. The summed E-state index contributed by atoms with van der Waals surface area (Å²) in [4.78, 5) is 10.9. The maximum absolute atomic E-state index is 10.9. The summed E-state index contributed by atoms with van der Waals surface area (Å²) in [6.45, 7) is 1.01. The van der Waals surface area contributed by atoms with Crippen LogP contribution in [0.4, 0.5) is 0 Å². The van der Waals surface area contributed by atoms with Gasteiger partial charge in [0, 0.05) is 6.61 Å². The summed E-state index contributed by atoms with van der Waals surface area (Å²) < 4.78 is 4.61. The van der Waals surface area contributed by atoms with Gasteiger partial charge < -0.3 is 20.1 Å². The van der Waals surface area contributed by atoms with Crippen LogP contribution in [0.15, 0.2) is 0 Å². The molecule has 0 aromatic rings. The third kappa shape index (κ3) is 6.51. The molecular weight excluding hydrogens is 176 g/mol. The van der Waals surface area contributed by atoms with Crippen LogP contribution >= 0.6 is 0 Å². The number of rotatable bonds is 6. The molecule has 0 amide bonds. The molecule has 5 heteroatoms. The SMILES string of the molecule is CC(CO)CC(=O)OCC(O)CO. The van der Waals surface area contributed by atoms with Crippen molar-refractivity contribution in [1.82, 2.24) is 0 Å². The molecule has 0 aromatic heterocycles. The third-order valence-corrected chi connectivity index (χ3v) is 1.47. The minimum atomic E-state index is -1.02. The number of aliphatic hydroxyl groups excluding tert-OH is 3. The zero-order chi connectivity index (χ0) is 10.3. The largest absolute Gasteiger partial charge is 0.463 e. The first-order valence-electron chi connectivity index (χ1n) is 4.15. The Morgan fingerprint density at radius 1 is 1.38 bits per heavy atom. The molecule has 0 saturated carbocycles. The van der Waals surface area contributed by atoms with Gasteiger partial charge in [0.2, 0.25) is 0 Å². The Morgan fingerprint density at radius 3 is 2.46 bits per heavy atom. The summed E-state index contributed by atoms with van der Waals surface area (Å²) in [7, 11) is 0. The van der Waals surface area contributed by atoms with E-state index in [1.54, 1.807) is 6.92 Å². The van der Waals surface area contributed by atoms with Crippen molar-refractivity contribution < 1.29 is 24.9 Å². The highest BCUT2D eigenvalue weighted by Gasteiger charge is 2.11. The van der Waals surface area contributed by atoms with E-state index in [9.17, 15) is 4.79 Å². The first kappa shape index (κ1) is 12.3. The van der Waals surface area contributed by atoms with Gasteiger partial charge in [0.05, 0.1) is 13.0 Å². The summed E-state index contributed by atoms with van der Waals surface area (Å²) >= 11 is 0. The van der Waals surface area contributed by atoms with Crippen LogP contribution in [-0.2, 0) is 9.53 Å². The average Bonchev–Trinajstić information content (AvgIpc) is 2.13. The number of esters is 1. The van der Waals surface area contributed by atoms with Crippen LogP contribution < -0.4 is 0 Å². The quantitative estimate of drug-likeness (QED) is 0.465. The standard InChI is InChI=1S/C8H16O5/c1-6(3-9)2-8(12)13-5-7(11)4-10/h6-7,9-11H,2-5H2,1H3. The molecular formula is C8H16O5.